The van der Waals surface area contributed by atoms with Crippen molar-refractivity contribution in [3.05, 3.63) is 47.6 Å². The van der Waals surface area contributed by atoms with Crippen LogP contribution in [0.1, 0.15) is 30.9 Å². The van der Waals surface area contributed by atoms with Crippen molar-refractivity contribution >= 4 is 40.0 Å². The molecule has 0 bridgehead atoms. The highest BCUT2D eigenvalue weighted by Crippen LogP contribution is 2.34. The number of rotatable bonds is 11. The molecule has 2 aromatic heterocycles. The van der Waals surface area contributed by atoms with Crippen molar-refractivity contribution in [2.45, 2.75) is 29.6 Å². The van der Waals surface area contributed by atoms with Gasteiger partial charge >= 0.3 is 5.97 Å². The van der Waals surface area contributed by atoms with E-state index in [1.807, 2.05) is 43.0 Å². The van der Waals surface area contributed by atoms with E-state index in [0.29, 0.717) is 6.54 Å². The Balaban J connectivity index is 1.38. The molecule has 182 valence electrons. The fraction of sp³-hybridized carbons (Fsp3) is 0.480. The van der Waals surface area contributed by atoms with Gasteiger partial charge in [-0.25, -0.2) is 4.98 Å². The number of methoxy groups -OCH3 is 1. The van der Waals surface area contributed by atoms with Crippen molar-refractivity contribution < 1.29 is 14.6 Å². The number of hydrogen-bond acceptors (Lipinski definition) is 8. The second-order valence-electron chi connectivity index (χ2n) is 8.64. The van der Waals surface area contributed by atoms with Crippen LogP contribution in [0, 0.1) is 11.8 Å². The molecule has 0 unspecified atom stereocenters. The first-order chi connectivity index (χ1) is 16.6. The van der Waals surface area contributed by atoms with Gasteiger partial charge in [0.15, 0.2) is 0 Å². The van der Waals surface area contributed by atoms with Gasteiger partial charge in [0.25, 0.3) is 0 Å². The lowest BCUT2D eigenvalue weighted by molar-refractivity contribution is -0.146. The van der Waals surface area contributed by atoms with E-state index < -0.39 is 5.97 Å². The zero-order valence-corrected chi connectivity index (χ0v) is 21.3. The molecular formula is C25H32N4O3S2. The normalized spacial score (nSPS) is 19.8. The second kappa shape index (κ2) is 12.0. The zero-order chi connectivity index (χ0) is 23.9. The first kappa shape index (κ1) is 24.9. The van der Waals surface area contributed by atoms with E-state index in [0.717, 1.165) is 59.1 Å². The lowest BCUT2D eigenvalue weighted by Gasteiger charge is -2.37. The van der Waals surface area contributed by atoms with Gasteiger partial charge in [-0.2, -0.15) is 0 Å². The highest BCUT2D eigenvalue weighted by atomic mass is 32.2. The Morgan fingerprint density at radius 3 is 2.97 bits per heavy atom. The van der Waals surface area contributed by atoms with Crippen LogP contribution in [-0.2, 0) is 4.79 Å². The summed E-state index contributed by atoms with van der Waals surface area (Å²) in [6, 6.07) is 8.12. The quantitative estimate of drug-likeness (QED) is 0.371. The molecule has 0 saturated carbocycles. The summed E-state index contributed by atoms with van der Waals surface area (Å²) in [5, 5.41) is 16.5. The number of likely N-dealkylation sites (tertiary alicyclic amines) is 1. The third kappa shape index (κ3) is 6.07. The van der Waals surface area contributed by atoms with Crippen LogP contribution in [0.2, 0.25) is 0 Å². The van der Waals surface area contributed by atoms with Crippen molar-refractivity contribution in [1.82, 2.24) is 20.2 Å². The fourth-order valence-corrected chi connectivity index (χ4v) is 6.56. The van der Waals surface area contributed by atoms with Gasteiger partial charge in [0.05, 0.1) is 18.5 Å². The fourth-order valence-electron chi connectivity index (χ4n) is 4.85. The van der Waals surface area contributed by atoms with Crippen LogP contribution < -0.4 is 10.1 Å². The number of fused-ring (bicyclic) bond motifs is 1. The molecule has 1 aliphatic rings. The van der Waals surface area contributed by atoms with Gasteiger partial charge in [-0.15, -0.1) is 11.3 Å². The largest absolute Gasteiger partial charge is 0.497 e. The number of aliphatic carboxylic acids is 1. The monoisotopic (exact) mass is 500 g/mol. The smallest absolute Gasteiger partial charge is 0.308 e. The Morgan fingerprint density at radius 2 is 2.24 bits per heavy atom. The molecule has 3 atom stereocenters. The number of aromatic nitrogens is 2. The highest BCUT2D eigenvalue weighted by molar-refractivity contribution is 8.01. The van der Waals surface area contributed by atoms with Crippen LogP contribution in [0.5, 0.6) is 5.75 Å². The van der Waals surface area contributed by atoms with Crippen LogP contribution in [0.25, 0.3) is 10.9 Å². The molecule has 3 heterocycles. The van der Waals surface area contributed by atoms with Crippen molar-refractivity contribution in [3.8, 4) is 5.75 Å². The summed E-state index contributed by atoms with van der Waals surface area (Å²) < 4.78 is 6.50. The van der Waals surface area contributed by atoms with E-state index in [-0.39, 0.29) is 17.9 Å². The van der Waals surface area contributed by atoms with Crippen LogP contribution in [0.4, 0.5) is 0 Å². The maximum Gasteiger partial charge on any atom is 0.308 e. The topological polar surface area (TPSA) is 87.6 Å². The Bertz CT molecular complexity index is 1080. The summed E-state index contributed by atoms with van der Waals surface area (Å²) in [4.78, 5) is 23.2. The van der Waals surface area contributed by atoms with Gasteiger partial charge in [-0.05, 0) is 68.6 Å². The van der Waals surface area contributed by atoms with Crippen molar-refractivity contribution in [1.29, 1.82) is 0 Å². The number of benzene rings is 1. The maximum absolute atomic E-state index is 12.1. The molecule has 0 spiro atoms. The number of carboxylic acid groups (broad SMARTS) is 1. The van der Waals surface area contributed by atoms with Gasteiger partial charge < -0.3 is 20.1 Å². The number of thiazole rings is 1. The van der Waals surface area contributed by atoms with Crippen molar-refractivity contribution in [2.75, 3.05) is 39.5 Å². The van der Waals surface area contributed by atoms with Gasteiger partial charge in [0.1, 0.15) is 10.1 Å². The molecule has 1 aromatic carbocycles. The minimum absolute atomic E-state index is 0.125. The van der Waals surface area contributed by atoms with Gasteiger partial charge in [-0.1, -0.05) is 11.8 Å². The zero-order valence-electron chi connectivity index (χ0n) is 19.6. The number of hydrogen-bond donors (Lipinski definition) is 2. The summed E-state index contributed by atoms with van der Waals surface area (Å²) in [5.41, 5.74) is 2.11. The van der Waals surface area contributed by atoms with E-state index in [2.05, 4.69) is 26.3 Å². The van der Waals surface area contributed by atoms with Crippen molar-refractivity contribution in [2.24, 2.45) is 11.8 Å². The van der Waals surface area contributed by atoms with E-state index in [1.54, 1.807) is 30.2 Å². The molecule has 1 aliphatic heterocycles. The Morgan fingerprint density at radius 1 is 1.35 bits per heavy atom. The van der Waals surface area contributed by atoms with Crippen LogP contribution in [0.15, 0.2) is 46.4 Å². The minimum Gasteiger partial charge on any atom is -0.497 e. The summed E-state index contributed by atoms with van der Waals surface area (Å²) >= 11 is 3.40. The lowest BCUT2D eigenvalue weighted by atomic mass is 9.81. The lowest BCUT2D eigenvalue weighted by Crippen LogP contribution is -2.44. The summed E-state index contributed by atoms with van der Waals surface area (Å²) in [5.74, 6) is 0.917. The first-order valence-corrected chi connectivity index (χ1v) is 13.5. The minimum atomic E-state index is -0.678. The average molecular weight is 501 g/mol. The number of nitrogens with one attached hydrogen (secondary N) is 1. The molecule has 0 radical (unpaired) electrons. The molecule has 1 fully saturated rings. The molecule has 2 N–H and O–H groups in total. The number of carbonyl (C=O) groups is 1. The predicted octanol–water partition coefficient (Wildman–Crippen LogP) is 4.56. The molecule has 4 rings (SSSR count). The Labute approximate surface area is 208 Å². The Hall–Kier alpha value is -2.20. The SMILES string of the molecule is CN[C@@H](CC[C@@H]1CCN(CCSc2nccs2)C[C@@H]1C(=O)O)c1ccnc2ccc(OC)cc12. The predicted molar refractivity (Wildman–Crippen MR) is 138 cm³/mol. The van der Waals surface area contributed by atoms with E-state index in [4.69, 9.17) is 4.74 Å². The van der Waals surface area contributed by atoms with Gasteiger partial charge in [0, 0.05) is 48.0 Å². The standard InChI is InChI=1S/C25H32N4O3S2/c1-26-22(19-7-9-27-23-6-4-18(32-2)15-20(19)23)5-3-17-8-11-29(16-21(17)24(30)31)12-14-34-25-28-10-13-33-25/h4,6-7,9-10,13,15,17,21-22,26H,3,5,8,11-12,14,16H2,1-2H3,(H,30,31)/t17-,21+,22+/m1/s1. The molecule has 9 heteroatoms. The van der Waals surface area contributed by atoms with E-state index in [1.165, 1.54) is 5.56 Å². The number of piperidine rings is 1. The number of nitrogens with zero attached hydrogens (tertiary/aromatic N) is 3. The van der Waals surface area contributed by atoms with Gasteiger partial charge in [0.2, 0.25) is 0 Å². The molecule has 0 amide bonds. The number of pyridine rings is 1. The Kier molecular flexibility index (Phi) is 8.77. The second-order valence-corrected chi connectivity index (χ2v) is 10.9. The summed E-state index contributed by atoms with van der Waals surface area (Å²) in [7, 11) is 3.64. The number of thioether (sulfide) groups is 1. The molecule has 7 nitrogen and oxygen atoms in total. The summed E-state index contributed by atoms with van der Waals surface area (Å²) in [6.07, 6.45) is 6.33. The van der Waals surface area contributed by atoms with Crippen LogP contribution >= 0.6 is 23.1 Å². The third-order valence-electron chi connectivity index (χ3n) is 6.73. The number of ether oxygens (including phenoxy) is 1. The molecular weight excluding hydrogens is 468 g/mol. The van der Waals surface area contributed by atoms with Gasteiger partial charge in [-0.3, -0.25) is 9.78 Å². The molecule has 34 heavy (non-hydrogen) atoms. The van der Waals surface area contributed by atoms with E-state index >= 15 is 0 Å². The third-order valence-corrected chi connectivity index (χ3v) is 8.68. The average Bonchev–Trinajstić information content (AvgIpc) is 3.38. The maximum atomic E-state index is 12.1. The first-order valence-electron chi connectivity index (χ1n) is 11.7. The number of carboxylic acids is 1. The molecule has 3 aromatic rings. The highest BCUT2D eigenvalue weighted by Gasteiger charge is 2.34. The molecule has 1 saturated heterocycles. The van der Waals surface area contributed by atoms with Crippen LogP contribution in [0.3, 0.4) is 0 Å². The van der Waals surface area contributed by atoms with E-state index in [9.17, 15) is 9.90 Å². The molecule has 0 aliphatic carbocycles. The van der Waals surface area contributed by atoms with Crippen LogP contribution in [-0.4, -0.2) is 65.5 Å². The summed E-state index contributed by atoms with van der Waals surface area (Å²) in [6.45, 7) is 2.47. The van der Waals surface area contributed by atoms with Crippen molar-refractivity contribution in [3.63, 3.8) is 0 Å².